The summed E-state index contributed by atoms with van der Waals surface area (Å²) in [5.41, 5.74) is 0. The number of hydrogen-bond donors (Lipinski definition) is 0. The lowest BCUT2D eigenvalue weighted by molar-refractivity contribution is 0.518. The van der Waals surface area contributed by atoms with Crippen LogP contribution in [-0.2, 0) is 10.0 Å². The summed E-state index contributed by atoms with van der Waals surface area (Å²) in [5, 5.41) is 0. The Kier molecular flexibility index (Phi) is 5.11. The minimum atomic E-state index is -3.37. The van der Waals surface area contributed by atoms with E-state index in [9.17, 15) is 8.42 Å². The standard InChI is InChI=1S/C10H14ClNO2S2/c1-12(2)16(13,14)10-6-4-3-5-9(10)15-8-7-11/h3-6H,7-8H2,1-2H3. The van der Waals surface area contributed by atoms with Gasteiger partial charge in [0.05, 0.1) is 4.90 Å². The van der Waals surface area contributed by atoms with Gasteiger partial charge in [-0.2, -0.15) is 0 Å². The van der Waals surface area contributed by atoms with Crippen molar-refractivity contribution in [3.05, 3.63) is 24.3 Å². The zero-order valence-electron chi connectivity index (χ0n) is 9.18. The molecule has 16 heavy (non-hydrogen) atoms. The highest BCUT2D eigenvalue weighted by molar-refractivity contribution is 8.00. The Morgan fingerprint density at radius 1 is 1.31 bits per heavy atom. The van der Waals surface area contributed by atoms with Gasteiger partial charge in [0.25, 0.3) is 0 Å². The predicted octanol–water partition coefficient (Wildman–Crippen LogP) is 2.27. The van der Waals surface area contributed by atoms with E-state index in [4.69, 9.17) is 11.6 Å². The van der Waals surface area contributed by atoms with E-state index in [1.165, 1.54) is 30.2 Å². The van der Waals surface area contributed by atoms with Gasteiger partial charge in [-0.1, -0.05) is 12.1 Å². The zero-order valence-corrected chi connectivity index (χ0v) is 11.6. The topological polar surface area (TPSA) is 37.4 Å². The second kappa shape index (κ2) is 5.91. The lowest BCUT2D eigenvalue weighted by Crippen LogP contribution is -2.22. The number of rotatable bonds is 5. The number of thioether (sulfide) groups is 1. The molecule has 0 saturated carbocycles. The number of halogens is 1. The van der Waals surface area contributed by atoms with E-state index in [0.717, 1.165) is 4.90 Å². The van der Waals surface area contributed by atoms with Crippen molar-refractivity contribution in [2.24, 2.45) is 0 Å². The summed E-state index contributed by atoms with van der Waals surface area (Å²) in [6.45, 7) is 0. The SMILES string of the molecule is CN(C)S(=O)(=O)c1ccccc1SCCCl. The maximum Gasteiger partial charge on any atom is 0.243 e. The fourth-order valence-corrected chi connectivity index (χ4v) is 3.50. The molecule has 0 N–H and O–H groups in total. The quantitative estimate of drug-likeness (QED) is 0.613. The fourth-order valence-electron chi connectivity index (χ4n) is 1.13. The Balaban J connectivity index is 3.13. The minimum Gasteiger partial charge on any atom is -0.207 e. The molecular formula is C10H14ClNO2S2. The van der Waals surface area contributed by atoms with Gasteiger partial charge < -0.3 is 0 Å². The van der Waals surface area contributed by atoms with E-state index in [1.807, 2.05) is 6.07 Å². The van der Waals surface area contributed by atoms with Gasteiger partial charge in [0.15, 0.2) is 0 Å². The summed E-state index contributed by atoms with van der Waals surface area (Å²) in [6.07, 6.45) is 0. The highest BCUT2D eigenvalue weighted by Gasteiger charge is 2.20. The molecule has 0 amide bonds. The van der Waals surface area contributed by atoms with Crippen molar-refractivity contribution in [3.8, 4) is 0 Å². The van der Waals surface area contributed by atoms with Crippen LogP contribution in [-0.4, -0.2) is 38.5 Å². The molecule has 1 aromatic carbocycles. The minimum absolute atomic E-state index is 0.343. The molecule has 0 heterocycles. The molecule has 0 aromatic heterocycles. The Labute approximate surface area is 106 Å². The zero-order chi connectivity index (χ0) is 12.2. The van der Waals surface area contributed by atoms with E-state index >= 15 is 0 Å². The van der Waals surface area contributed by atoms with Gasteiger partial charge in [-0.25, -0.2) is 12.7 Å². The maximum atomic E-state index is 12.0. The van der Waals surface area contributed by atoms with Crippen molar-refractivity contribution in [1.82, 2.24) is 4.31 Å². The van der Waals surface area contributed by atoms with Crippen LogP contribution in [0.25, 0.3) is 0 Å². The molecular weight excluding hydrogens is 266 g/mol. The van der Waals surface area contributed by atoms with Crippen molar-refractivity contribution in [3.63, 3.8) is 0 Å². The first kappa shape index (κ1) is 13.8. The molecule has 0 radical (unpaired) electrons. The molecule has 6 heteroatoms. The van der Waals surface area contributed by atoms with Crippen LogP contribution in [0.2, 0.25) is 0 Å². The van der Waals surface area contributed by atoms with Crippen molar-refractivity contribution in [2.75, 3.05) is 25.7 Å². The van der Waals surface area contributed by atoms with Gasteiger partial charge in [0, 0.05) is 30.6 Å². The van der Waals surface area contributed by atoms with Gasteiger partial charge in [-0.15, -0.1) is 23.4 Å². The number of benzene rings is 1. The predicted molar refractivity (Wildman–Crippen MR) is 68.8 cm³/mol. The molecule has 0 atom stereocenters. The van der Waals surface area contributed by atoms with E-state index in [-0.39, 0.29) is 0 Å². The molecule has 1 rings (SSSR count). The summed E-state index contributed by atoms with van der Waals surface area (Å²) >= 11 is 7.05. The summed E-state index contributed by atoms with van der Waals surface area (Å²) in [4.78, 5) is 1.09. The molecule has 0 aliphatic carbocycles. The number of nitrogens with zero attached hydrogens (tertiary/aromatic N) is 1. The van der Waals surface area contributed by atoms with E-state index in [2.05, 4.69) is 0 Å². The van der Waals surface area contributed by atoms with Gasteiger partial charge >= 0.3 is 0 Å². The summed E-state index contributed by atoms with van der Waals surface area (Å²) in [5.74, 6) is 1.20. The van der Waals surface area contributed by atoms with E-state index in [1.54, 1.807) is 18.2 Å². The lowest BCUT2D eigenvalue weighted by atomic mass is 10.4. The molecule has 0 saturated heterocycles. The Bertz CT molecular complexity index is 446. The highest BCUT2D eigenvalue weighted by atomic mass is 35.5. The largest absolute Gasteiger partial charge is 0.243 e. The molecule has 0 unspecified atom stereocenters. The fraction of sp³-hybridized carbons (Fsp3) is 0.400. The van der Waals surface area contributed by atoms with Crippen LogP contribution in [0.5, 0.6) is 0 Å². The summed E-state index contributed by atoms with van der Waals surface area (Å²) in [6, 6.07) is 6.96. The van der Waals surface area contributed by atoms with Crippen molar-refractivity contribution in [1.29, 1.82) is 0 Å². The van der Waals surface area contributed by atoms with Crippen LogP contribution in [0.3, 0.4) is 0 Å². The van der Waals surface area contributed by atoms with Crippen LogP contribution in [0.15, 0.2) is 34.1 Å². The van der Waals surface area contributed by atoms with Crippen LogP contribution in [0, 0.1) is 0 Å². The van der Waals surface area contributed by atoms with Crippen molar-refractivity contribution < 1.29 is 8.42 Å². The Hall–Kier alpha value is -0.230. The molecule has 3 nitrogen and oxygen atoms in total. The molecule has 0 aliphatic rings. The number of sulfonamides is 1. The molecule has 90 valence electrons. The first-order chi connectivity index (χ1) is 7.50. The van der Waals surface area contributed by atoms with E-state index < -0.39 is 10.0 Å². The van der Waals surface area contributed by atoms with Gasteiger partial charge in [0.2, 0.25) is 10.0 Å². The van der Waals surface area contributed by atoms with Crippen LogP contribution >= 0.6 is 23.4 Å². The number of hydrogen-bond acceptors (Lipinski definition) is 3. The lowest BCUT2D eigenvalue weighted by Gasteiger charge is -2.14. The highest BCUT2D eigenvalue weighted by Crippen LogP contribution is 2.27. The molecule has 0 bridgehead atoms. The monoisotopic (exact) mass is 279 g/mol. The molecule has 1 aromatic rings. The van der Waals surface area contributed by atoms with Gasteiger partial charge in [-0.05, 0) is 12.1 Å². The molecule has 0 aliphatic heterocycles. The average molecular weight is 280 g/mol. The molecule has 0 fully saturated rings. The molecule has 0 spiro atoms. The Morgan fingerprint density at radius 3 is 2.50 bits per heavy atom. The van der Waals surface area contributed by atoms with Crippen molar-refractivity contribution >= 4 is 33.4 Å². The van der Waals surface area contributed by atoms with Gasteiger partial charge in [-0.3, -0.25) is 0 Å². The first-order valence-corrected chi connectivity index (χ1v) is 7.66. The summed E-state index contributed by atoms with van der Waals surface area (Å²) < 4.78 is 25.2. The number of alkyl halides is 1. The first-order valence-electron chi connectivity index (χ1n) is 4.70. The third-order valence-corrected chi connectivity index (χ3v) is 5.43. The van der Waals surface area contributed by atoms with Crippen molar-refractivity contribution in [2.45, 2.75) is 9.79 Å². The third-order valence-electron chi connectivity index (χ3n) is 1.94. The van der Waals surface area contributed by atoms with E-state index in [0.29, 0.717) is 16.5 Å². The smallest absolute Gasteiger partial charge is 0.207 e. The normalized spacial score (nSPS) is 12.0. The van der Waals surface area contributed by atoms with Crippen LogP contribution < -0.4 is 0 Å². The summed E-state index contributed by atoms with van der Waals surface area (Å²) in [7, 11) is -0.316. The van der Waals surface area contributed by atoms with Crippen LogP contribution in [0.4, 0.5) is 0 Å². The van der Waals surface area contributed by atoms with Gasteiger partial charge in [0.1, 0.15) is 0 Å². The van der Waals surface area contributed by atoms with Crippen LogP contribution in [0.1, 0.15) is 0 Å². The average Bonchev–Trinajstić information content (AvgIpc) is 2.26. The third kappa shape index (κ3) is 3.13. The maximum absolute atomic E-state index is 12.0. The second-order valence-electron chi connectivity index (χ2n) is 3.27. The Morgan fingerprint density at radius 2 is 1.94 bits per heavy atom. The second-order valence-corrected chi connectivity index (χ2v) is 6.91.